The highest BCUT2D eigenvalue weighted by Crippen LogP contribution is 2.29. The molecule has 2 heterocycles. The predicted molar refractivity (Wildman–Crippen MR) is 110 cm³/mol. The summed E-state index contributed by atoms with van der Waals surface area (Å²) >= 11 is 6.00. The normalized spacial score (nSPS) is 14.2. The number of morpholine rings is 1. The minimum absolute atomic E-state index is 0.152. The average Bonchev–Trinajstić information content (AvgIpc) is 2.69. The van der Waals surface area contributed by atoms with E-state index in [-0.39, 0.29) is 11.5 Å². The number of nitrogens with zero attached hydrogens (tertiary/aromatic N) is 5. The Labute approximate surface area is 174 Å². The van der Waals surface area contributed by atoms with E-state index in [4.69, 9.17) is 21.1 Å². The lowest BCUT2D eigenvalue weighted by molar-refractivity contribution is 0.0598. The first-order valence-corrected chi connectivity index (χ1v) is 9.55. The van der Waals surface area contributed by atoms with Crippen molar-refractivity contribution in [2.75, 3.05) is 36.1 Å². The van der Waals surface area contributed by atoms with Gasteiger partial charge in [0.05, 0.1) is 18.9 Å². The monoisotopic (exact) mass is 415 g/mol. The summed E-state index contributed by atoms with van der Waals surface area (Å²) in [6, 6.07) is 10.2. The number of benzene rings is 1. The van der Waals surface area contributed by atoms with Gasteiger partial charge in [-0.1, -0.05) is 11.6 Å². The number of aromatic nitrogens is 2. The van der Waals surface area contributed by atoms with E-state index in [0.29, 0.717) is 43.0 Å². The second kappa shape index (κ2) is 8.64. The number of amides is 1. The summed E-state index contributed by atoms with van der Waals surface area (Å²) in [6.07, 6.45) is -0.615. The van der Waals surface area contributed by atoms with E-state index in [2.05, 4.69) is 9.97 Å². The van der Waals surface area contributed by atoms with Gasteiger partial charge in [-0.15, -0.1) is 0 Å². The number of ether oxygens (including phenoxy) is 2. The summed E-state index contributed by atoms with van der Waals surface area (Å²) in [6.45, 7) is 7.63. The Balaban J connectivity index is 2.07. The Morgan fingerprint density at radius 2 is 1.90 bits per heavy atom. The maximum absolute atomic E-state index is 13.0. The SMILES string of the molecule is CC(C)(C)OC(=O)N(c1ccc(Cl)cc1)c1cc(C#N)nc(N2CCOCC2)n1. The fraction of sp³-hybridized carbons (Fsp3) is 0.400. The van der Waals surface area contributed by atoms with Crippen LogP contribution in [0.1, 0.15) is 26.5 Å². The molecule has 0 bridgehead atoms. The third-order valence-corrected chi connectivity index (χ3v) is 4.25. The molecule has 0 saturated carbocycles. The summed E-state index contributed by atoms with van der Waals surface area (Å²) in [5.74, 6) is 0.611. The van der Waals surface area contributed by atoms with Gasteiger partial charge in [0.2, 0.25) is 5.95 Å². The molecule has 9 heteroatoms. The Bertz CT molecular complexity index is 915. The minimum atomic E-state index is -0.708. The van der Waals surface area contributed by atoms with Crippen molar-refractivity contribution in [2.24, 2.45) is 0 Å². The van der Waals surface area contributed by atoms with Crippen molar-refractivity contribution in [2.45, 2.75) is 26.4 Å². The third kappa shape index (κ3) is 5.34. The number of rotatable bonds is 3. The quantitative estimate of drug-likeness (QED) is 0.750. The van der Waals surface area contributed by atoms with Gasteiger partial charge in [-0.05, 0) is 45.0 Å². The maximum atomic E-state index is 13.0. The number of hydrogen-bond donors (Lipinski definition) is 0. The van der Waals surface area contributed by atoms with Crippen LogP contribution in [-0.4, -0.2) is 48.0 Å². The van der Waals surface area contributed by atoms with Crippen molar-refractivity contribution in [1.29, 1.82) is 5.26 Å². The minimum Gasteiger partial charge on any atom is -0.443 e. The molecule has 0 atom stereocenters. The van der Waals surface area contributed by atoms with Gasteiger partial charge in [-0.25, -0.2) is 14.7 Å². The van der Waals surface area contributed by atoms with Gasteiger partial charge in [0.1, 0.15) is 23.2 Å². The maximum Gasteiger partial charge on any atom is 0.420 e. The lowest BCUT2D eigenvalue weighted by Gasteiger charge is -2.29. The van der Waals surface area contributed by atoms with Crippen LogP contribution < -0.4 is 9.80 Å². The average molecular weight is 416 g/mol. The molecule has 8 nitrogen and oxygen atoms in total. The Morgan fingerprint density at radius 1 is 1.24 bits per heavy atom. The molecule has 1 amide bonds. The Morgan fingerprint density at radius 3 is 2.48 bits per heavy atom. The topological polar surface area (TPSA) is 91.6 Å². The first-order valence-electron chi connectivity index (χ1n) is 9.17. The van der Waals surface area contributed by atoms with Crippen molar-refractivity contribution in [3.63, 3.8) is 0 Å². The first-order chi connectivity index (χ1) is 13.8. The van der Waals surface area contributed by atoms with Crippen LogP contribution in [0.15, 0.2) is 30.3 Å². The van der Waals surface area contributed by atoms with Crippen LogP contribution in [0.4, 0.5) is 22.2 Å². The van der Waals surface area contributed by atoms with Crippen molar-refractivity contribution >= 4 is 35.1 Å². The van der Waals surface area contributed by atoms with Crippen LogP contribution >= 0.6 is 11.6 Å². The molecule has 0 spiro atoms. The molecule has 29 heavy (non-hydrogen) atoms. The molecular formula is C20H22ClN5O3. The molecule has 0 unspecified atom stereocenters. The smallest absolute Gasteiger partial charge is 0.420 e. The number of carbonyl (C=O) groups is 1. The van der Waals surface area contributed by atoms with Crippen LogP contribution in [0.2, 0.25) is 5.02 Å². The zero-order chi connectivity index (χ0) is 21.0. The van der Waals surface area contributed by atoms with Crippen molar-refractivity contribution in [3.05, 3.63) is 41.0 Å². The summed E-state index contributed by atoms with van der Waals surface area (Å²) in [7, 11) is 0. The second-order valence-corrected chi connectivity index (χ2v) is 7.85. The molecule has 2 aromatic rings. The Hall–Kier alpha value is -2.89. The highest BCUT2D eigenvalue weighted by atomic mass is 35.5. The lowest BCUT2D eigenvalue weighted by Crippen LogP contribution is -2.38. The van der Waals surface area contributed by atoms with E-state index in [1.54, 1.807) is 45.0 Å². The van der Waals surface area contributed by atoms with E-state index < -0.39 is 11.7 Å². The van der Waals surface area contributed by atoms with Gasteiger partial charge >= 0.3 is 6.09 Å². The highest BCUT2D eigenvalue weighted by molar-refractivity contribution is 6.30. The highest BCUT2D eigenvalue weighted by Gasteiger charge is 2.28. The molecular weight excluding hydrogens is 394 g/mol. The molecule has 1 aliphatic heterocycles. The van der Waals surface area contributed by atoms with E-state index in [9.17, 15) is 10.1 Å². The van der Waals surface area contributed by atoms with Crippen LogP contribution in [0.3, 0.4) is 0 Å². The van der Waals surface area contributed by atoms with Crippen LogP contribution in [0.5, 0.6) is 0 Å². The molecule has 1 aromatic carbocycles. The van der Waals surface area contributed by atoms with Gasteiger partial charge in [0.15, 0.2) is 0 Å². The second-order valence-electron chi connectivity index (χ2n) is 7.41. The predicted octanol–water partition coefficient (Wildman–Crippen LogP) is 3.91. The van der Waals surface area contributed by atoms with Gasteiger partial charge < -0.3 is 14.4 Å². The van der Waals surface area contributed by atoms with E-state index in [1.807, 2.05) is 11.0 Å². The fourth-order valence-corrected chi connectivity index (χ4v) is 2.85. The van der Waals surface area contributed by atoms with E-state index in [1.165, 1.54) is 11.0 Å². The zero-order valence-corrected chi connectivity index (χ0v) is 17.3. The number of halogens is 1. The standard InChI is InChI=1S/C20H22ClN5O3/c1-20(2,3)29-19(27)26(16-6-4-14(21)5-7-16)17-12-15(13-22)23-18(24-17)25-8-10-28-11-9-25/h4-7,12H,8-11H2,1-3H3. The first kappa shape index (κ1) is 20.8. The van der Waals surface area contributed by atoms with E-state index in [0.717, 1.165) is 0 Å². The van der Waals surface area contributed by atoms with Gasteiger partial charge in [-0.2, -0.15) is 10.2 Å². The summed E-state index contributed by atoms with van der Waals surface area (Å²) in [4.78, 5) is 25.1. The zero-order valence-electron chi connectivity index (χ0n) is 16.6. The number of hydrogen-bond acceptors (Lipinski definition) is 7. The summed E-state index contributed by atoms with van der Waals surface area (Å²) in [5.41, 5.74) is -0.0435. The van der Waals surface area contributed by atoms with Crippen molar-refractivity contribution < 1.29 is 14.3 Å². The summed E-state index contributed by atoms with van der Waals surface area (Å²) in [5, 5.41) is 10.00. The molecule has 1 saturated heterocycles. The third-order valence-electron chi connectivity index (χ3n) is 4.00. The number of anilines is 3. The van der Waals surface area contributed by atoms with Gasteiger partial charge in [0.25, 0.3) is 0 Å². The molecule has 1 fully saturated rings. The molecule has 0 aliphatic carbocycles. The van der Waals surface area contributed by atoms with Crippen LogP contribution in [0.25, 0.3) is 0 Å². The number of nitriles is 1. The van der Waals surface area contributed by atoms with E-state index >= 15 is 0 Å². The molecule has 1 aromatic heterocycles. The number of carbonyl (C=O) groups excluding carboxylic acids is 1. The molecule has 1 aliphatic rings. The van der Waals surface area contributed by atoms with Gasteiger partial charge in [-0.3, -0.25) is 0 Å². The summed E-state index contributed by atoms with van der Waals surface area (Å²) < 4.78 is 10.9. The molecule has 0 N–H and O–H groups in total. The largest absolute Gasteiger partial charge is 0.443 e. The van der Waals surface area contributed by atoms with Crippen molar-refractivity contribution in [3.8, 4) is 6.07 Å². The fourth-order valence-electron chi connectivity index (χ4n) is 2.73. The molecule has 0 radical (unpaired) electrons. The molecule has 152 valence electrons. The molecule has 3 rings (SSSR count). The van der Waals surface area contributed by atoms with Crippen LogP contribution in [0, 0.1) is 11.3 Å². The van der Waals surface area contributed by atoms with Crippen LogP contribution in [-0.2, 0) is 9.47 Å². The van der Waals surface area contributed by atoms with Crippen molar-refractivity contribution in [1.82, 2.24) is 9.97 Å². The Kier molecular flexibility index (Phi) is 6.20. The van der Waals surface area contributed by atoms with Gasteiger partial charge in [0, 0.05) is 24.2 Å². The lowest BCUT2D eigenvalue weighted by atomic mass is 10.2.